The number of carbonyl (C=O) groups is 4. The summed E-state index contributed by atoms with van der Waals surface area (Å²) in [6, 6.07) is -1.78. The van der Waals surface area contributed by atoms with Crippen LogP contribution in [0.2, 0.25) is 0 Å². The van der Waals surface area contributed by atoms with Gasteiger partial charge in [-0.25, -0.2) is 9.78 Å². The minimum absolute atomic E-state index is 0.0379. The largest absolute Gasteiger partial charge is 0.480 e. The van der Waals surface area contributed by atoms with Crippen molar-refractivity contribution in [2.45, 2.75) is 104 Å². The van der Waals surface area contributed by atoms with Gasteiger partial charge >= 0.3 is 5.97 Å². The third kappa shape index (κ3) is 9.28. The molecule has 2 saturated carbocycles. The van der Waals surface area contributed by atoms with Gasteiger partial charge in [0.25, 0.3) is 5.91 Å². The number of amides is 3. The molecule has 2 unspecified atom stereocenters. The third-order valence-corrected chi connectivity index (χ3v) is 7.55. The van der Waals surface area contributed by atoms with E-state index in [4.69, 9.17) is 0 Å². The van der Waals surface area contributed by atoms with Gasteiger partial charge in [0.05, 0.1) is 12.7 Å². The van der Waals surface area contributed by atoms with E-state index in [0.29, 0.717) is 6.54 Å². The number of carbonyl (C=O) groups excluding carboxylic acids is 3. The number of aliphatic carboxylic acids is 1. The number of fused-ring (bicyclic) bond motifs is 1. The minimum Gasteiger partial charge on any atom is -0.480 e. The van der Waals surface area contributed by atoms with E-state index in [9.17, 15) is 24.3 Å². The smallest absolute Gasteiger partial charge is 0.326 e. The second-order valence-corrected chi connectivity index (χ2v) is 11.4. The average Bonchev–Trinajstić information content (AvgIpc) is 3.54. The van der Waals surface area contributed by atoms with E-state index in [0.717, 1.165) is 19.3 Å². The van der Waals surface area contributed by atoms with Crippen LogP contribution in [-0.2, 0) is 14.4 Å². The first-order valence-electron chi connectivity index (χ1n) is 14.5. The average molecular weight is 546 g/mol. The van der Waals surface area contributed by atoms with Gasteiger partial charge in [-0.1, -0.05) is 79.6 Å². The molecule has 39 heavy (non-hydrogen) atoms. The van der Waals surface area contributed by atoms with Crippen LogP contribution < -0.4 is 10.6 Å². The Hall–Kier alpha value is -3.04. The second-order valence-electron chi connectivity index (χ2n) is 11.4. The van der Waals surface area contributed by atoms with E-state index in [1.54, 1.807) is 20.8 Å². The summed E-state index contributed by atoms with van der Waals surface area (Å²) in [6.07, 6.45) is 15.8. The lowest BCUT2D eigenvalue weighted by atomic mass is 9.85. The molecule has 2 heterocycles. The van der Waals surface area contributed by atoms with Gasteiger partial charge in [-0.2, -0.15) is 0 Å². The molecular weight excluding hydrogens is 498 g/mol. The molecule has 1 aromatic heterocycles. The van der Waals surface area contributed by atoms with Crippen LogP contribution in [0, 0.1) is 17.3 Å². The molecule has 218 valence electrons. The molecule has 1 saturated heterocycles. The standard InChI is InChI=1S/C21H29N5O5.C6H12.C2H6/c1-21(2,3)17(25-15(27)10-24-18(28)14-9-22-7-8-23-14)19(29)26-11-12-5-4-6-13(12)16(26)20(30)31;1-2-4-6-5-3-1;1-2/h7-9,12-13,16-17H,4-6,10-11H2,1-3H3,(H,24,28)(H,25,27)(H,30,31);1-6H2;1-2H3/t12-,13-,16?,17?;;/m0../s1. The van der Waals surface area contributed by atoms with Crippen molar-refractivity contribution in [1.82, 2.24) is 25.5 Å². The summed E-state index contributed by atoms with van der Waals surface area (Å²) in [6.45, 7) is 9.47. The van der Waals surface area contributed by atoms with Crippen LogP contribution >= 0.6 is 0 Å². The summed E-state index contributed by atoms with van der Waals surface area (Å²) in [5, 5.41) is 14.9. The lowest BCUT2D eigenvalue weighted by molar-refractivity contribution is -0.152. The van der Waals surface area contributed by atoms with E-state index < -0.39 is 41.2 Å². The van der Waals surface area contributed by atoms with Gasteiger partial charge in [-0.3, -0.25) is 19.4 Å². The molecule has 4 rings (SSSR count). The Balaban J connectivity index is 0.000000578. The van der Waals surface area contributed by atoms with Crippen molar-refractivity contribution in [3.05, 3.63) is 24.3 Å². The van der Waals surface area contributed by atoms with E-state index in [1.165, 1.54) is 62.0 Å². The van der Waals surface area contributed by atoms with Crippen LogP contribution in [0.4, 0.5) is 0 Å². The first kappa shape index (κ1) is 32.2. The van der Waals surface area contributed by atoms with E-state index in [2.05, 4.69) is 20.6 Å². The van der Waals surface area contributed by atoms with Crippen LogP contribution in [0.1, 0.15) is 103 Å². The number of rotatable bonds is 6. The Labute approximate surface area is 232 Å². The maximum Gasteiger partial charge on any atom is 0.326 e. The second kappa shape index (κ2) is 15.5. The Morgan fingerprint density at radius 3 is 2.13 bits per heavy atom. The highest BCUT2D eigenvalue weighted by Gasteiger charge is 2.51. The van der Waals surface area contributed by atoms with Crippen LogP contribution in [0.3, 0.4) is 0 Å². The Morgan fingerprint density at radius 1 is 1.00 bits per heavy atom. The number of hydrogen-bond acceptors (Lipinski definition) is 6. The van der Waals surface area contributed by atoms with Crippen molar-refractivity contribution in [3.63, 3.8) is 0 Å². The maximum atomic E-state index is 13.4. The highest BCUT2D eigenvalue weighted by Crippen LogP contribution is 2.43. The zero-order valence-corrected chi connectivity index (χ0v) is 24.2. The molecule has 1 aromatic rings. The fourth-order valence-corrected chi connectivity index (χ4v) is 5.60. The van der Waals surface area contributed by atoms with Gasteiger partial charge in [0.15, 0.2) is 0 Å². The Morgan fingerprint density at radius 2 is 1.62 bits per heavy atom. The highest BCUT2D eigenvalue weighted by molar-refractivity contribution is 5.96. The summed E-state index contributed by atoms with van der Waals surface area (Å²) in [4.78, 5) is 59.0. The molecule has 0 aromatic carbocycles. The number of aromatic nitrogens is 2. The number of carboxylic acids is 1. The maximum absolute atomic E-state index is 13.4. The first-order chi connectivity index (χ1) is 18.6. The molecule has 0 spiro atoms. The Bertz CT molecular complexity index is 934. The first-order valence-corrected chi connectivity index (χ1v) is 14.5. The van der Waals surface area contributed by atoms with Crippen LogP contribution in [0.5, 0.6) is 0 Å². The lowest BCUT2D eigenvalue weighted by Crippen LogP contribution is -2.58. The summed E-state index contributed by atoms with van der Waals surface area (Å²) in [5.41, 5.74) is -0.575. The van der Waals surface area contributed by atoms with Crippen molar-refractivity contribution in [2.24, 2.45) is 17.3 Å². The monoisotopic (exact) mass is 545 g/mol. The molecular formula is C29H47N5O5. The molecule has 0 radical (unpaired) electrons. The third-order valence-electron chi connectivity index (χ3n) is 7.55. The van der Waals surface area contributed by atoms with Crippen molar-refractivity contribution < 1.29 is 24.3 Å². The van der Waals surface area contributed by atoms with Gasteiger partial charge < -0.3 is 20.6 Å². The fourth-order valence-electron chi connectivity index (χ4n) is 5.60. The molecule has 1 aliphatic heterocycles. The van der Waals surface area contributed by atoms with Gasteiger partial charge in [0.2, 0.25) is 11.8 Å². The minimum atomic E-state index is -1.00. The molecule has 10 nitrogen and oxygen atoms in total. The fraction of sp³-hybridized carbons (Fsp3) is 0.724. The number of nitrogens with zero attached hydrogens (tertiary/aromatic N) is 3. The van der Waals surface area contributed by atoms with Gasteiger partial charge in [-0.15, -0.1) is 0 Å². The van der Waals surface area contributed by atoms with Gasteiger partial charge in [-0.05, 0) is 30.1 Å². The topological polar surface area (TPSA) is 142 Å². The number of nitrogens with one attached hydrogen (secondary N) is 2. The normalized spacial score (nSPS) is 22.7. The van der Waals surface area contributed by atoms with E-state index in [1.807, 2.05) is 13.8 Å². The number of carboxylic acid groups (broad SMARTS) is 1. The van der Waals surface area contributed by atoms with E-state index >= 15 is 0 Å². The molecule has 10 heteroatoms. The zero-order chi connectivity index (χ0) is 29.0. The van der Waals surface area contributed by atoms with E-state index in [-0.39, 0.29) is 24.1 Å². The molecule has 3 amide bonds. The summed E-state index contributed by atoms with van der Waals surface area (Å²) < 4.78 is 0. The predicted octanol–water partition coefficient (Wildman–Crippen LogP) is 3.82. The molecule has 4 atom stereocenters. The van der Waals surface area contributed by atoms with Crippen molar-refractivity contribution in [2.75, 3.05) is 13.1 Å². The molecule has 0 bridgehead atoms. The van der Waals surface area contributed by atoms with Gasteiger partial charge in [0, 0.05) is 18.9 Å². The van der Waals surface area contributed by atoms with Gasteiger partial charge in [0.1, 0.15) is 17.8 Å². The quantitative estimate of drug-likeness (QED) is 0.493. The van der Waals surface area contributed by atoms with Crippen LogP contribution in [-0.4, -0.2) is 68.8 Å². The Kier molecular flexibility index (Phi) is 12.8. The molecule has 3 N–H and O–H groups in total. The summed E-state index contributed by atoms with van der Waals surface area (Å²) >= 11 is 0. The number of likely N-dealkylation sites (tertiary alicyclic amines) is 1. The molecule has 3 fully saturated rings. The molecule has 2 aliphatic carbocycles. The predicted molar refractivity (Wildman–Crippen MR) is 149 cm³/mol. The zero-order valence-electron chi connectivity index (χ0n) is 24.2. The highest BCUT2D eigenvalue weighted by atomic mass is 16.4. The van der Waals surface area contributed by atoms with Crippen molar-refractivity contribution in [1.29, 1.82) is 0 Å². The van der Waals surface area contributed by atoms with Crippen molar-refractivity contribution >= 4 is 23.7 Å². The lowest BCUT2D eigenvalue weighted by Gasteiger charge is -2.35. The van der Waals surface area contributed by atoms with Crippen LogP contribution in [0.15, 0.2) is 18.6 Å². The summed E-state index contributed by atoms with van der Waals surface area (Å²) in [7, 11) is 0. The molecule has 3 aliphatic rings. The SMILES string of the molecule is C1CCCCC1.CC.CC(C)(C)C(NC(=O)CNC(=O)c1cnccn1)C(=O)N1C[C@@H]2CCC[C@@H]2C1C(=O)O. The van der Waals surface area contributed by atoms with Crippen molar-refractivity contribution in [3.8, 4) is 0 Å². The summed E-state index contributed by atoms with van der Waals surface area (Å²) in [5.74, 6) is -2.35. The number of hydrogen-bond donors (Lipinski definition) is 3. The van der Waals surface area contributed by atoms with Crippen LogP contribution in [0.25, 0.3) is 0 Å².